The molecule has 1 aromatic carbocycles. The molecule has 7 heteroatoms. The number of nitrogens with one attached hydrogen (secondary N) is 2. The van der Waals surface area contributed by atoms with E-state index in [1.54, 1.807) is 7.05 Å². The number of hydrogen-bond donors (Lipinski definition) is 2. The van der Waals surface area contributed by atoms with Crippen LogP contribution in [-0.4, -0.2) is 86.7 Å². The molecule has 172 valence electrons. The van der Waals surface area contributed by atoms with Crippen LogP contribution < -0.4 is 10.6 Å². The second kappa shape index (κ2) is 11.5. The quantitative estimate of drug-likeness (QED) is 0.511. The zero-order valence-electron chi connectivity index (χ0n) is 19.4. The summed E-state index contributed by atoms with van der Waals surface area (Å²) in [6.07, 6.45) is 3.25. The molecule has 2 aliphatic rings. The highest BCUT2D eigenvalue weighted by atomic mass is 16.5. The number of nitrogens with zero attached hydrogens (tertiary/aromatic N) is 3. The van der Waals surface area contributed by atoms with Gasteiger partial charge in [-0.25, -0.2) is 0 Å². The van der Waals surface area contributed by atoms with Crippen molar-refractivity contribution in [3.05, 3.63) is 35.9 Å². The van der Waals surface area contributed by atoms with Crippen LogP contribution in [0.25, 0.3) is 0 Å². The summed E-state index contributed by atoms with van der Waals surface area (Å²) in [5.74, 6) is 1.48. The highest BCUT2D eigenvalue weighted by Crippen LogP contribution is 2.21. The molecule has 0 aliphatic carbocycles. The van der Waals surface area contributed by atoms with Crippen molar-refractivity contribution in [2.24, 2.45) is 10.9 Å². The first kappa shape index (κ1) is 23.5. The van der Waals surface area contributed by atoms with E-state index in [1.165, 1.54) is 5.56 Å². The minimum atomic E-state index is -0.00789. The first-order chi connectivity index (χ1) is 15.0. The molecule has 2 heterocycles. The van der Waals surface area contributed by atoms with Crippen molar-refractivity contribution >= 4 is 11.9 Å². The van der Waals surface area contributed by atoms with E-state index in [9.17, 15) is 4.79 Å². The molecular weight excluding hydrogens is 390 g/mol. The van der Waals surface area contributed by atoms with Crippen LogP contribution in [0.3, 0.4) is 0 Å². The number of morpholine rings is 1. The van der Waals surface area contributed by atoms with Gasteiger partial charge < -0.3 is 20.3 Å². The van der Waals surface area contributed by atoms with Gasteiger partial charge in [0.25, 0.3) is 0 Å². The summed E-state index contributed by atoms with van der Waals surface area (Å²) in [4.78, 5) is 21.4. The molecule has 1 amide bonds. The molecule has 0 saturated carbocycles. The fourth-order valence-electron chi connectivity index (χ4n) is 4.41. The lowest BCUT2D eigenvalue weighted by molar-refractivity contribution is -0.131. The van der Waals surface area contributed by atoms with Crippen LogP contribution in [0.5, 0.6) is 0 Å². The molecule has 0 unspecified atom stereocenters. The van der Waals surface area contributed by atoms with Gasteiger partial charge in [-0.05, 0) is 44.6 Å². The molecule has 0 spiro atoms. The van der Waals surface area contributed by atoms with Gasteiger partial charge in [-0.15, -0.1) is 0 Å². The van der Waals surface area contributed by atoms with Crippen LogP contribution in [0.1, 0.15) is 32.3 Å². The number of carbonyl (C=O) groups excluding carboxylic acids is 1. The Morgan fingerprint density at radius 3 is 2.42 bits per heavy atom. The highest BCUT2D eigenvalue weighted by Gasteiger charge is 2.28. The average molecular weight is 430 g/mol. The third kappa shape index (κ3) is 7.21. The minimum Gasteiger partial charge on any atom is -0.379 e. The van der Waals surface area contributed by atoms with E-state index in [0.717, 1.165) is 65.2 Å². The maximum Gasteiger partial charge on any atom is 0.241 e. The molecule has 31 heavy (non-hydrogen) atoms. The second-order valence-electron chi connectivity index (χ2n) is 9.21. The summed E-state index contributed by atoms with van der Waals surface area (Å²) in [7, 11) is 1.75. The van der Waals surface area contributed by atoms with Crippen LogP contribution in [0.4, 0.5) is 0 Å². The minimum absolute atomic E-state index is 0.00789. The predicted molar refractivity (Wildman–Crippen MR) is 125 cm³/mol. The SMILES string of the molecule is CN=C(NCC(=O)N1CCC(Cc2ccccc2)CC1)NCC(C)(C)N1CCOCC1. The molecular formula is C24H39N5O2. The van der Waals surface area contributed by atoms with E-state index in [1.807, 2.05) is 4.90 Å². The lowest BCUT2D eigenvalue weighted by Gasteiger charge is -2.41. The Bertz CT molecular complexity index is 708. The van der Waals surface area contributed by atoms with Crippen molar-refractivity contribution in [3.8, 4) is 0 Å². The number of aliphatic imine (C=N–C) groups is 1. The summed E-state index contributed by atoms with van der Waals surface area (Å²) >= 11 is 0. The van der Waals surface area contributed by atoms with Crippen molar-refractivity contribution in [2.75, 3.05) is 59.5 Å². The Morgan fingerprint density at radius 1 is 1.10 bits per heavy atom. The second-order valence-corrected chi connectivity index (χ2v) is 9.21. The number of ether oxygens (including phenoxy) is 1. The van der Waals surface area contributed by atoms with Gasteiger partial charge in [-0.2, -0.15) is 0 Å². The van der Waals surface area contributed by atoms with Crippen molar-refractivity contribution in [2.45, 2.75) is 38.6 Å². The molecule has 2 aliphatic heterocycles. The fraction of sp³-hybridized carbons (Fsp3) is 0.667. The Hall–Kier alpha value is -2.12. The highest BCUT2D eigenvalue weighted by molar-refractivity contribution is 5.86. The third-order valence-electron chi connectivity index (χ3n) is 6.52. The lowest BCUT2D eigenvalue weighted by Crippen LogP contribution is -2.57. The van der Waals surface area contributed by atoms with Crippen LogP contribution in [0, 0.1) is 5.92 Å². The number of hydrogen-bond acceptors (Lipinski definition) is 4. The van der Waals surface area contributed by atoms with E-state index in [2.05, 4.69) is 64.7 Å². The molecule has 0 radical (unpaired) electrons. The summed E-state index contributed by atoms with van der Waals surface area (Å²) < 4.78 is 5.46. The number of rotatable bonds is 7. The number of amides is 1. The third-order valence-corrected chi connectivity index (χ3v) is 6.52. The van der Waals surface area contributed by atoms with Gasteiger partial charge in [0.05, 0.1) is 19.8 Å². The number of piperidine rings is 1. The largest absolute Gasteiger partial charge is 0.379 e. The van der Waals surface area contributed by atoms with E-state index < -0.39 is 0 Å². The Balaban J connectivity index is 1.37. The van der Waals surface area contributed by atoms with Crippen molar-refractivity contribution in [1.29, 1.82) is 0 Å². The van der Waals surface area contributed by atoms with Gasteiger partial charge in [0.1, 0.15) is 0 Å². The van der Waals surface area contributed by atoms with Gasteiger partial charge in [-0.3, -0.25) is 14.7 Å². The van der Waals surface area contributed by atoms with Crippen molar-refractivity contribution < 1.29 is 9.53 Å². The standard InChI is InChI=1S/C24H39N5O2/c1-24(2,29-13-15-31-16-14-29)19-27-23(25-3)26-18-22(30)28-11-9-21(10-12-28)17-20-7-5-4-6-8-20/h4-8,21H,9-19H2,1-3H3,(H2,25,26,27). The molecule has 2 saturated heterocycles. The molecule has 2 fully saturated rings. The van der Waals surface area contributed by atoms with Gasteiger partial charge in [0.2, 0.25) is 5.91 Å². The monoisotopic (exact) mass is 429 g/mol. The average Bonchev–Trinajstić information content (AvgIpc) is 2.81. The lowest BCUT2D eigenvalue weighted by atomic mass is 9.90. The smallest absolute Gasteiger partial charge is 0.241 e. The summed E-state index contributed by atoms with van der Waals surface area (Å²) in [5, 5.41) is 6.58. The Kier molecular flexibility index (Phi) is 8.72. The molecule has 1 aromatic rings. The molecule has 0 atom stereocenters. The van der Waals surface area contributed by atoms with Crippen molar-refractivity contribution in [3.63, 3.8) is 0 Å². The summed E-state index contributed by atoms with van der Waals surface area (Å²) in [5.41, 5.74) is 1.38. The maximum atomic E-state index is 12.7. The van der Waals surface area contributed by atoms with Crippen LogP contribution in [-0.2, 0) is 16.0 Å². The predicted octanol–water partition coefficient (Wildman–Crippen LogP) is 1.74. The number of guanidine groups is 1. The Labute approximate surface area is 187 Å². The normalized spacial score (nSPS) is 19.3. The van der Waals surface area contributed by atoms with E-state index >= 15 is 0 Å². The van der Waals surface area contributed by atoms with Gasteiger partial charge in [-0.1, -0.05) is 30.3 Å². The van der Waals surface area contributed by atoms with E-state index in [0.29, 0.717) is 11.9 Å². The van der Waals surface area contributed by atoms with Gasteiger partial charge in [0, 0.05) is 45.3 Å². The van der Waals surface area contributed by atoms with E-state index in [-0.39, 0.29) is 18.0 Å². The maximum absolute atomic E-state index is 12.7. The van der Waals surface area contributed by atoms with Crippen LogP contribution >= 0.6 is 0 Å². The topological polar surface area (TPSA) is 69.2 Å². The molecule has 3 rings (SSSR count). The first-order valence-electron chi connectivity index (χ1n) is 11.6. The zero-order valence-corrected chi connectivity index (χ0v) is 19.4. The molecule has 7 nitrogen and oxygen atoms in total. The zero-order chi connectivity index (χ0) is 22.1. The number of benzene rings is 1. The number of carbonyl (C=O) groups is 1. The molecule has 2 N–H and O–H groups in total. The van der Waals surface area contributed by atoms with Gasteiger partial charge >= 0.3 is 0 Å². The number of likely N-dealkylation sites (tertiary alicyclic amines) is 1. The summed E-state index contributed by atoms with van der Waals surface area (Å²) in [6.45, 7) is 10.6. The van der Waals surface area contributed by atoms with Crippen molar-refractivity contribution in [1.82, 2.24) is 20.4 Å². The van der Waals surface area contributed by atoms with Crippen LogP contribution in [0.2, 0.25) is 0 Å². The fourth-order valence-corrected chi connectivity index (χ4v) is 4.41. The molecule has 0 bridgehead atoms. The Morgan fingerprint density at radius 2 is 1.77 bits per heavy atom. The van der Waals surface area contributed by atoms with Gasteiger partial charge in [0.15, 0.2) is 5.96 Å². The summed E-state index contributed by atoms with van der Waals surface area (Å²) in [6, 6.07) is 10.6. The van der Waals surface area contributed by atoms with Crippen LogP contribution in [0.15, 0.2) is 35.3 Å². The van der Waals surface area contributed by atoms with E-state index in [4.69, 9.17) is 4.74 Å². The molecule has 0 aromatic heterocycles. The first-order valence-corrected chi connectivity index (χ1v) is 11.6.